The number of nitrogens with one attached hydrogen (secondary N) is 2. The summed E-state index contributed by atoms with van der Waals surface area (Å²) in [5.41, 5.74) is -0.996. The summed E-state index contributed by atoms with van der Waals surface area (Å²) in [5.74, 6) is -2.41. The molecule has 1 fully saturated rings. The second-order valence-electron chi connectivity index (χ2n) is 5.55. The summed E-state index contributed by atoms with van der Waals surface area (Å²) >= 11 is 0. The molecule has 25 heavy (non-hydrogen) atoms. The second kappa shape index (κ2) is 7.70. The molecule has 1 aromatic carbocycles. The van der Waals surface area contributed by atoms with Crippen LogP contribution < -0.4 is 15.4 Å². The van der Waals surface area contributed by atoms with Crippen molar-refractivity contribution in [2.45, 2.75) is 24.8 Å². The van der Waals surface area contributed by atoms with Crippen LogP contribution in [0.5, 0.6) is 5.75 Å². The van der Waals surface area contributed by atoms with E-state index in [-0.39, 0.29) is 12.2 Å². The van der Waals surface area contributed by atoms with Gasteiger partial charge in [-0.05, 0) is 24.3 Å². The number of carbonyl (C=O) groups excluding carboxylic acids is 2. The lowest BCUT2D eigenvalue weighted by molar-refractivity contribution is -0.274. The molecule has 7 nitrogen and oxygen atoms in total. The minimum absolute atomic E-state index is 0.0963. The number of ether oxygens (including phenoxy) is 2. The Bertz CT molecular complexity index is 613. The molecule has 1 saturated heterocycles. The monoisotopic (exact) mass is 362 g/mol. The fourth-order valence-electron chi connectivity index (χ4n) is 2.18. The van der Waals surface area contributed by atoms with Crippen molar-refractivity contribution in [3.63, 3.8) is 0 Å². The number of halogens is 3. The third-order valence-electron chi connectivity index (χ3n) is 3.55. The maximum absolute atomic E-state index is 12.1. The Morgan fingerprint density at radius 3 is 2.32 bits per heavy atom. The van der Waals surface area contributed by atoms with Gasteiger partial charge >= 0.3 is 18.2 Å². The normalized spacial score (nSPS) is 16.8. The van der Waals surface area contributed by atoms with Crippen LogP contribution in [0.25, 0.3) is 0 Å². The predicted molar refractivity (Wildman–Crippen MR) is 79.8 cm³/mol. The maximum atomic E-state index is 12.1. The molecule has 138 valence electrons. The Hall–Kier alpha value is -2.33. The Labute approximate surface area is 141 Å². The fraction of sp³-hybridized carbons (Fsp3) is 0.467. The summed E-state index contributed by atoms with van der Waals surface area (Å²) in [5, 5.41) is 14.7. The van der Waals surface area contributed by atoms with Crippen molar-refractivity contribution in [1.29, 1.82) is 0 Å². The van der Waals surface area contributed by atoms with Crippen molar-refractivity contribution in [3.8, 4) is 5.75 Å². The summed E-state index contributed by atoms with van der Waals surface area (Å²) in [6.45, 7) is 0.636. The first-order valence-corrected chi connectivity index (χ1v) is 7.42. The molecule has 3 N–H and O–H groups in total. The molecule has 1 heterocycles. The minimum atomic E-state index is -4.81. The molecule has 2 rings (SSSR count). The topological polar surface area (TPSA) is 96.9 Å². The van der Waals surface area contributed by atoms with Gasteiger partial charge in [-0.25, -0.2) is 0 Å². The molecule has 2 amide bonds. The Morgan fingerprint density at radius 2 is 1.76 bits per heavy atom. The summed E-state index contributed by atoms with van der Waals surface area (Å²) in [6.07, 6.45) is -4.12. The number of rotatable bonds is 4. The van der Waals surface area contributed by atoms with Crippen LogP contribution in [0.3, 0.4) is 0 Å². The quantitative estimate of drug-likeness (QED) is 0.699. The van der Waals surface area contributed by atoms with Crippen LogP contribution in [0.15, 0.2) is 24.3 Å². The van der Waals surface area contributed by atoms with E-state index in [2.05, 4.69) is 15.4 Å². The van der Waals surface area contributed by atoms with E-state index in [1.807, 2.05) is 0 Å². The number of hydrogen-bond donors (Lipinski definition) is 3. The molecule has 0 aliphatic carbocycles. The van der Waals surface area contributed by atoms with E-state index in [0.717, 1.165) is 24.3 Å². The van der Waals surface area contributed by atoms with E-state index >= 15 is 0 Å². The van der Waals surface area contributed by atoms with Crippen LogP contribution in [-0.2, 0) is 14.3 Å². The van der Waals surface area contributed by atoms with Gasteiger partial charge in [0.1, 0.15) is 5.75 Å². The summed E-state index contributed by atoms with van der Waals surface area (Å²) in [7, 11) is 0. The third-order valence-corrected chi connectivity index (χ3v) is 3.55. The molecule has 0 bridgehead atoms. The van der Waals surface area contributed by atoms with Crippen molar-refractivity contribution in [3.05, 3.63) is 24.3 Å². The highest BCUT2D eigenvalue weighted by atomic mass is 19.4. The molecule has 0 aromatic heterocycles. The van der Waals surface area contributed by atoms with E-state index < -0.39 is 29.5 Å². The molecule has 1 aromatic rings. The number of alkyl halides is 3. The fourth-order valence-corrected chi connectivity index (χ4v) is 2.18. The van der Waals surface area contributed by atoms with E-state index in [1.165, 1.54) is 0 Å². The van der Waals surface area contributed by atoms with E-state index in [4.69, 9.17) is 4.74 Å². The van der Waals surface area contributed by atoms with Crippen LogP contribution in [0.1, 0.15) is 12.8 Å². The van der Waals surface area contributed by atoms with Crippen molar-refractivity contribution < 1.29 is 37.3 Å². The molecule has 10 heteroatoms. The lowest BCUT2D eigenvalue weighted by Crippen LogP contribution is -2.48. The number of carbonyl (C=O) groups is 2. The highest BCUT2D eigenvalue weighted by Crippen LogP contribution is 2.24. The Balaban J connectivity index is 1.83. The number of benzene rings is 1. The van der Waals surface area contributed by atoms with E-state index in [0.29, 0.717) is 26.1 Å². The SMILES string of the molecule is O=C(NCC1(O)CCOCC1)C(=O)Nc1ccc(OC(F)(F)F)cc1. The van der Waals surface area contributed by atoms with Gasteiger partial charge < -0.3 is 25.2 Å². The Kier molecular flexibility index (Phi) is 5.85. The van der Waals surface area contributed by atoms with Gasteiger partial charge in [0.25, 0.3) is 0 Å². The average Bonchev–Trinajstić information content (AvgIpc) is 2.54. The standard InChI is InChI=1S/C15H17F3N2O5/c16-15(17,18)25-11-3-1-10(2-4-11)20-13(22)12(21)19-9-14(23)5-7-24-8-6-14/h1-4,23H,5-9H2,(H,19,21)(H,20,22). The van der Waals surface area contributed by atoms with E-state index in [9.17, 15) is 27.9 Å². The lowest BCUT2D eigenvalue weighted by atomic mass is 9.94. The molecule has 1 aliphatic heterocycles. The summed E-state index contributed by atoms with van der Waals surface area (Å²) in [6, 6.07) is 4.34. The van der Waals surface area contributed by atoms with Gasteiger partial charge in [-0.2, -0.15) is 0 Å². The molecule has 0 unspecified atom stereocenters. The van der Waals surface area contributed by atoms with Crippen LogP contribution >= 0.6 is 0 Å². The van der Waals surface area contributed by atoms with Gasteiger partial charge in [0.2, 0.25) is 0 Å². The second-order valence-corrected chi connectivity index (χ2v) is 5.55. The first-order valence-electron chi connectivity index (χ1n) is 7.42. The number of amides is 2. The molecule has 1 aliphatic rings. The van der Waals surface area contributed by atoms with Crippen LogP contribution in [0.4, 0.5) is 18.9 Å². The molecule has 0 spiro atoms. The van der Waals surface area contributed by atoms with Crippen LogP contribution in [0.2, 0.25) is 0 Å². The first-order chi connectivity index (χ1) is 11.7. The smallest absolute Gasteiger partial charge is 0.406 e. The van der Waals surface area contributed by atoms with Crippen LogP contribution in [-0.4, -0.2) is 48.6 Å². The minimum Gasteiger partial charge on any atom is -0.406 e. The number of hydrogen-bond acceptors (Lipinski definition) is 5. The highest BCUT2D eigenvalue weighted by molar-refractivity contribution is 6.39. The van der Waals surface area contributed by atoms with Crippen molar-refractivity contribution in [2.24, 2.45) is 0 Å². The van der Waals surface area contributed by atoms with Gasteiger partial charge in [-0.1, -0.05) is 0 Å². The van der Waals surface area contributed by atoms with Gasteiger partial charge in [0, 0.05) is 38.3 Å². The molecule has 0 atom stereocenters. The zero-order chi connectivity index (χ0) is 18.5. The third kappa shape index (κ3) is 6.24. The largest absolute Gasteiger partial charge is 0.573 e. The molecular formula is C15H17F3N2O5. The molecule has 0 saturated carbocycles. The van der Waals surface area contributed by atoms with E-state index in [1.54, 1.807) is 0 Å². The summed E-state index contributed by atoms with van der Waals surface area (Å²) < 4.78 is 45.0. The van der Waals surface area contributed by atoms with Gasteiger partial charge in [-0.15, -0.1) is 13.2 Å². The first kappa shape index (κ1) is 19.0. The summed E-state index contributed by atoms with van der Waals surface area (Å²) in [4.78, 5) is 23.5. The number of anilines is 1. The Morgan fingerprint density at radius 1 is 1.16 bits per heavy atom. The number of aliphatic hydroxyl groups is 1. The average molecular weight is 362 g/mol. The van der Waals surface area contributed by atoms with Crippen molar-refractivity contribution in [2.75, 3.05) is 25.1 Å². The van der Waals surface area contributed by atoms with Crippen molar-refractivity contribution in [1.82, 2.24) is 5.32 Å². The van der Waals surface area contributed by atoms with Gasteiger partial charge in [0.15, 0.2) is 0 Å². The van der Waals surface area contributed by atoms with Gasteiger partial charge in [-0.3, -0.25) is 9.59 Å². The maximum Gasteiger partial charge on any atom is 0.573 e. The highest BCUT2D eigenvalue weighted by Gasteiger charge is 2.32. The zero-order valence-electron chi connectivity index (χ0n) is 13.1. The van der Waals surface area contributed by atoms with Crippen LogP contribution in [0, 0.1) is 0 Å². The predicted octanol–water partition coefficient (Wildman–Crippen LogP) is 1.18. The zero-order valence-corrected chi connectivity index (χ0v) is 13.1. The lowest BCUT2D eigenvalue weighted by Gasteiger charge is -2.31. The van der Waals surface area contributed by atoms with Crippen molar-refractivity contribution >= 4 is 17.5 Å². The van der Waals surface area contributed by atoms with Gasteiger partial charge in [0.05, 0.1) is 5.60 Å². The molecular weight excluding hydrogens is 345 g/mol. The molecule has 0 radical (unpaired) electrons.